The lowest BCUT2D eigenvalue weighted by atomic mass is 10.0. The van der Waals surface area contributed by atoms with Crippen LogP contribution in [0.1, 0.15) is 59.8 Å². The van der Waals surface area contributed by atoms with Crippen LogP contribution in [0.4, 0.5) is 0 Å². The lowest BCUT2D eigenvalue weighted by molar-refractivity contribution is -0.0582. The molecular weight excluding hydrogens is 184 g/mol. The fourth-order valence-electron chi connectivity index (χ4n) is 1.61. The number of unbranched alkanes of at least 4 members (excludes halogenated alkanes) is 3. The third-order valence-corrected chi connectivity index (χ3v) is 3.59. The van der Waals surface area contributed by atoms with Crippen LogP contribution in [-0.2, 0) is 0 Å². The van der Waals surface area contributed by atoms with E-state index < -0.39 is 0 Å². The van der Waals surface area contributed by atoms with Crippen LogP contribution in [0.5, 0.6) is 0 Å². The Kier molecular flexibility index (Phi) is 7.20. The minimum absolute atomic E-state index is 0.277. The summed E-state index contributed by atoms with van der Waals surface area (Å²) in [6.45, 7) is 10.3. The highest BCUT2D eigenvalue weighted by Crippen LogP contribution is 2.18. The van der Waals surface area contributed by atoms with Gasteiger partial charge in [0.2, 0.25) is 0 Å². The van der Waals surface area contributed by atoms with Crippen LogP contribution in [0.25, 0.3) is 0 Å². The van der Waals surface area contributed by atoms with E-state index in [2.05, 4.69) is 51.8 Å². The molecule has 0 saturated carbocycles. The summed E-state index contributed by atoms with van der Waals surface area (Å²) in [5.41, 5.74) is 0.277. The van der Waals surface area contributed by atoms with E-state index in [1.54, 1.807) is 0 Å². The van der Waals surface area contributed by atoms with Crippen molar-refractivity contribution < 1.29 is 0 Å². The SMILES string of the molecule is CCCCCCN(C)N(C)C(C)(C)CC. The van der Waals surface area contributed by atoms with Gasteiger partial charge in [-0.2, -0.15) is 0 Å². The Labute approximate surface area is 96.6 Å². The predicted molar refractivity (Wildman–Crippen MR) is 68.9 cm³/mol. The molecule has 0 amide bonds. The summed E-state index contributed by atoms with van der Waals surface area (Å²) in [4.78, 5) is 0. The Balaban J connectivity index is 3.83. The number of rotatable bonds is 8. The van der Waals surface area contributed by atoms with E-state index in [9.17, 15) is 0 Å². The largest absolute Gasteiger partial charge is 0.245 e. The number of hydrazine groups is 1. The van der Waals surface area contributed by atoms with E-state index in [1.165, 1.54) is 38.6 Å². The van der Waals surface area contributed by atoms with Crippen molar-refractivity contribution in [3.05, 3.63) is 0 Å². The molecule has 0 spiro atoms. The predicted octanol–water partition coefficient (Wildman–Crippen LogP) is 3.53. The minimum atomic E-state index is 0.277. The topological polar surface area (TPSA) is 6.48 Å². The molecule has 0 aliphatic rings. The second kappa shape index (κ2) is 7.24. The second-order valence-electron chi connectivity index (χ2n) is 5.13. The molecule has 0 unspecified atom stereocenters. The zero-order valence-electron chi connectivity index (χ0n) is 11.6. The van der Waals surface area contributed by atoms with Gasteiger partial charge in [-0.1, -0.05) is 33.1 Å². The summed E-state index contributed by atoms with van der Waals surface area (Å²) < 4.78 is 0. The molecule has 0 rings (SSSR count). The number of hydrogen-bond donors (Lipinski definition) is 0. The fraction of sp³-hybridized carbons (Fsp3) is 1.00. The molecule has 0 aliphatic carbocycles. The van der Waals surface area contributed by atoms with Crippen molar-refractivity contribution in [2.75, 3.05) is 20.6 Å². The molecule has 2 heteroatoms. The maximum atomic E-state index is 2.37. The van der Waals surface area contributed by atoms with E-state index in [0.717, 1.165) is 0 Å². The van der Waals surface area contributed by atoms with E-state index in [1.807, 2.05) is 0 Å². The zero-order chi connectivity index (χ0) is 11.9. The second-order valence-corrected chi connectivity index (χ2v) is 5.13. The van der Waals surface area contributed by atoms with Gasteiger partial charge in [-0.3, -0.25) is 0 Å². The molecule has 0 aromatic rings. The summed E-state index contributed by atoms with van der Waals surface area (Å²) in [6.07, 6.45) is 6.55. The van der Waals surface area contributed by atoms with Crippen LogP contribution in [0.15, 0.2) is 0 Å². The fourth-order valence-corrected chi connectivity index (χ4v) is 1.61. The van der Waals surface area contributed by atoms with Gasteiger partial charge in [-0.05, 0) is 26.7 Å². The van der Waals surface area contributed by atoms with Crippen LogP contribution >= 0.6 is 0 Å². The Hall–Kier alpha value is -0.0800. The van der Waals surface area contributed by atoms with Crippen molar-refractivity contribution in [1.82, 2.24) is 10.0 Å². The third-order valence-electron chi connectivity index (χ3n) is 3.59. The van der Waals surface area contributed by atoms with Crippen molar-refractivity contribution in [1.29, 1.82) is 0 Å². The van der Waals surface area contributed by atoms with Gasteiger partial charge in [0.05, 0.1) is 0 Å². The van der Waals surface area contributed by atoms with E-state index in [-0.39, 0.29) is 5.54 Å². The molecule has 15 heavy (non-hydrogen) atoms. The molecule has 0 heterocycles. The molecule has 0 atom stereocenters. The monoisotopic (exact) mass is 214 g/mol. The van der Waals surface area contributed by atoms with Gasteiger partial charge in [0.25, 0.3) is 0 Å². The van der Waals surface area contributed by atoms with Crippen molar-refractivity contribution in [3.8, 4) is 0 Å². The third kappa shape index (κ3) is 5.53. The van der Waals surface area contributed by atoms with Crippen molar-refractivity contribution in [2.45, 2.75) is 65.3 Å². The first-order valence-electron chi connectivity index (χ1n) is 6.40. The van der Waals surface area contributed by atoms with Crippen molar-refractivity contribution >= 4 is 0 Å². The lowest BCUT2D eigenvalue weighted by Gasteiger charge is -2.41. The first kappa shape index (κ1) is 14.9. The van der Waals surface area contributed by atoms with Crippen LogP contribution in [-0.4, -0.2) is 36.2 Å². The Morgan fingerprint density at radius 2 is 1.53 bits per heavy atom. The molecule has 0 aromatic carbocycles. The molecule has 0 fully saturated rings. The van der Waals surface area contributed by atoms with E-state index in [4.69, 9.17) is 0 Å². The molecule has 0 N–H and O–H groups in total. The molecule has 0 saturated heterocycles. The van der Waals surface area contributed by atoms with E-state index in [0.29, 0.717) is 0 Å². The summed E-state index contributed by atoms with van der Waals surface area (Å²) in [7, 11) is 4.40. The molecule has 0 aliphatic heterocycles. The van der Waals surface area contributed by atoms with Gasteiger partial charge in [-0.15, -0.1) is 0 Å². The average molecular weight is 214 g/mol. The summed E-state index contributed by atoms with van der Waals surface area (Å²) in [5.74, 6) is 0. The maximum Gasteiger partial charge on any atom is 0.0294 e. The van der Waals surface area contributed by atoms with Crippen LogP contribution in [0.2, 0.25) is 0 Å². The highest BCUT2D eigenvalue weighted by atomic mass is 15.6. The van der Waals surface area contributed by atoms with Gasteiger partial charge < -0.3 is 0 Å². The highest BCUT2D eigenvalue weighted by molar-refractivity contribution is 4.75. The van der Waals surface area contributed by atoms with Gasteiger partial charge in [0.1, 0.15) is 0 Å². The Morgan fingerprint density at radius 1 is 0.933 bits per heavy atom. The van der Waals surface area contributed by atoms with Gasteiger partial charge in [-0.25, -0.2) is 10.0 Å². The minimum Gasteiger partial charge on any atom is -0.245 e. The molecule has 92 valence electrons. The van der Waals surface area contributed by atoms with Crippen LogP contribution in [0, 0.1) is 0 Å². The average Bonchev–Trinajstić information content (AvgIpc) is 2.23. The quantitative estimate of drug-likeness (QED) is 0.450. The standard InChI is InChI=1S/C13H30N2/c1-7-9-10-11-12-14(5)15(6)13(3,4)8-2/h7-12H2,1-6H3. The molecule has 0 bridgehead atoms. The summed E-state index contributed by atoms with van der Waals surface area (Å²) in [6, 6.07) is 0. The van der Waals surface area contributed by atoms with Crippen molar-refractivity contribution in [2.24, 2.45) is 0 Å². The molecular formula is C13H30N2. The first-order chi connectivity index (χ1) is 6.95. The first-order valence-corrected chi connectivity index (χ1v) is 6.40. The van der Waals surface area contributed by atoms with Crippen LogP contribution < -0.4 is 0 Å². The van der Waals surface area contributed by atoms with Crippen molar-refractivity contribution in [3.63, 3.8) is 0 Å². The Morgan fingerprint density at radius 3 is 2.00 bits per heavy atom. The smallest absolute Gasteiger partial charge is 0.0294 e. The van der Waals surface area contributed by atoms with Gasteiger partial charge in [0, 0.05) is 26.2 Å². The lowest BCUT2D eigenvalue weighted by Crippen LogP contribution is -2.50. The zero-order valence-corrected chi connectivity index (χ0v) is 11.6. The molecule has 0 radical (unpaired) electrons. The summed E-state index contributed by atoms with van der Waals surface area (Å²) >= 11 is 0. The maximum absolute atomic E-state index is 2.37. The molecule has 0 aromatic heterocycles. The number of nitrogens with zero attached hydrogens (tertiary/aromatic N) is 2. The molecule has 2 nitrogen and oxygen atoms in total. The van der Waals surface area contributed by atoms with E-state index >= 15 is 0 Å². The van der Waals surface area contributed by atoms with Gasteiger partial charge >= 0.3 is 0 Å². The number of hydrogen-bond acceptors (Lipinski definition) is 2. The van der Waals surface area contributed by atoms with Crippen LogP contribution in [0.3, 0.4) is 0 Å². The normalized spacial score (nSPS) is 12.8. The summed E-state index contributed by atoms with van der Waals surface area (Å²) in [5, 5.41) is 4.73. The Bertz CT molecular complexity index is 155. The van der Waals surface area contributed by atoms with Gasteiger partial charge in [0.15, 0.2) is 0 Å². The highest BCUT2D eigenvalue weighted by Gasteiger charge is 2.23.